The molecule has 0 bridgehead atoms. The molecular formula is C25H30FN3O4. The van der Waals surface area contributed by atoms with Gasteiger partial charge in [-0.05, 0) is 56.9 Å². The number of nitrogens with one attached hydrogen (secondary N) is 1. The summed E-state index contributed by atoms with van der Waals surface area (Å²) >= 11 is 0. The van der Waals surface area contributed by atoms with Crippen LogP contribution in [-0.2, 0) is 4.79 Å². The molecule has 1 fully saturated rings. The molecule has 0 atom stereocenters. The lowest BCUT2D eigenvalue weighted by atomic mass is 9.89. The van der Waals surface area contributed by atoms with Crippen molar-refractivity contribution < 1.29 is 23.5 Å². The van der Waals surface area contributed by atoms with Crippen LogP contribution >= 0.6 is 0 Å². The minimum absolute atomic E-state index is 0.115. The van der Waals surface area contributed by atoms with E-state index in [-0.39, 0.29) is 23.6 Å². The number of benzene rings is 1. The van der Waals surface area contributed by atoms with E-state index in [4.69, 9.17) is 9.47 Å². The first-order chi connectivity index (χ1) is 15.7. The van der Waals surface area contributed by atoms with Crippen LogP contribution in [0.15, 0.2) is 37.0 Å². The number of ether oxygens (including phenoxy) is 2. The third-order valence-electron chi connectivity index (χ3n) is 6.01. The number of amides is 2. The van der Waals surface area contributed by atoms with Crippen molar-refractivity contribution in [3.8, 4) is 11.5 Å². The van der Waals surface area contributed by atoms with E-state index in [1.807, 2.05) is 18.2 Å². The van der Waals surface area contributed by atoms with Gasteiger partial charge in [-0.1, -0.05) is 6.58 Å². The van der Waals surface area contributed by atoms with E-state index in [0.717, 1.165) is 36.4 Å². The van der Waals surface area contributed by atoms with Crippen molar-refractivity contribution in [2.45, 2.75) is 51.6 Å². The van der Waals surface area contributed by atoms with Crippen LogP contribution in [0.3, 0.4) is 0 Å². The van der Waals surface area contributed by atoms with Crippen LogP contribution in [0.1, 0.15) is 54.2 Å². The number of aromatic nitrogens is 1. The van der Waals surface area contributed by atoms with Gasteiger partial charge in [-0.25, -0.2) is 4.39 Å². The maximum atomic E-state index is 13.7. The van der Waals surface area contributed by atoms with Gasteiger partial charge in [0.1, 0.15) is 17.3 Å². The highest BCUT2D eigenvalue weighted by Crippen LogP contribution is 2.31. The van der Waals surface area contributed by atoms with Crippen molar-refractivity contribution in [2.24, 2.45) is 0 Å². The Morgan fingerprint density at radius 3 is 2.42 bits per heavy atom. The third-order valence-corrected chi connectivity index (χ3v) is 6.01. The molecule has 1 aliphatic carbocycles. The van der Waals surface area contributed by atoms with Crippen LogP contribution in [0, 0.1) is 12.7 Å². The normalized spacial score (nSPS) is 17.7. The predicted molar refractivity (Wildman–Crippen MR) is 124 cm³/mol. The van der Waals surface area contributed by atoms with Crippen LogP contribution in [0.5, 0.6) is 11.5 Å². The Hall–Kier alpha value is -3.42. The Bertz CT molecular complexity index is 1050. The first kappa shape index (κ1) is 24.2. The summed E-state index contributed by atoms with van der Waals surface area (Å²) in [6.07, 6.45) is 3.81. The lowest BCUT2D eigenvalue weighted by molar-refractivity contribution is -0.128. The molecule has 1 aliphatic rings. The molecule has 0 saturated heterocycles. The highest BCUT2D eigenvalue weighted by atomic mass is 19.1. The number of nitrogens with zero attached hydrogens (tertiary/aromatic N) is 2. The van der Waals surface area contributed by atoms with Gasteiger partial charge in [0.05, 0.1) is 31.7 Å². The summed E-state index contributed by atoms with van der Waals surface area (Å²) in [5.74, 6) is -0.0732. The molecule has 1 saturated carbocycles. The quantitative estimate of drug-likeness (QED) is 0.677. The zero-order valence-corrected chi connectivity index (χ0v) is 19.5. The lowest BCUT2D eigenvalue weighted by Gasteiger charge is -2.36. The molecule has 1 N–H and O–H groups in total. The lowest BCUT2D eigenvalue weighted by Crippen LogP contribution is -2.47. The molecule has 0 radical (unpaired) electrons. The second kappa shape index (κ2) is 10.5. The van der Waals surface area contributed by atoms with Crippen LogP contribution in [-0.4, -0.2) is 48.0 Å². The maximum absolute atomic E-state index is 13.7. The van der Waals surface area contributed by atoms with Crippen molar-refractivity contribution >= 4 is 17.5 Å². The fraction of sp³-hybridized carbons (Fsp3) is 0.400. The molecule has 2 amide bonds. The topological polar surface area (TPSA) is 80.8 Å². The summed E-state index contributed by atoms with van der Waals surface area (Å²) in [4.78, 5) is 30.6. The molecule has 8 heteroatoms. The predicted octanol–water partition coefficient (Wildman–Crippen LogP) is 4.11. The molecule has 1 heterocycles. The van der Waals surface area contributed by atoms with E-state index in [1.165, 1.54) is 11.8 Å². The van der Waals surface area contributed by atoms with Crippen molar-refractivity contribution in [1.29, 1.82) is 0 Å². The second-order valence-corrected chi connectivity index (χ2v) is 8.18. The molecule has 2 aromatic rings. The molecule has 0 unspecified atom stereocenters. The second-order valence-electron chi connectivity index (χ2n) is 8.18. The number of hydrogen-bond acceptors (Lipinski definition) is 6. The fourth-order valence-electron chi connectivity index (χ4n) is 4.27. The van der Waals surface area contributed by atoms with Gasteiger partial charge in [-0.3, -0.25) is 19.5 Å². The number of hydrogen-bond donors (Lipinski definition) is 1. The van der Waals surface area contributed by atoms with E-state index in [2.05, 4.69) is 16.9 Å². The molecule has 33 heavy (non-hydrogen) atoms. The minimum Gasteiger partial charge on any atom is -0.497 e. The van der Waals surface area contributed by atoms with E-state index >= 15 is 0 Å². The van der Waals surface area contributed by atoms with Crippen LogP contribution < -0.4 is 14.8 Å². The molecule has 0 spiro atoms. The van der Waals surface area contributed by atoms with Crippen molar-refractivity contribution in [2.75, 3.05) is 14.2 Å². The first-order valence-corrected chi connectivity index (χ1v) is 10.9. The van der Waals surface area contributed by atoms with Crippen molar-refractivity contribution in [3.63, 3.8) is 0 Å². The van der Waals surface area contributed by atoms with Gasteiger partial charge in [0.2, 0.25) is 5.91 Å². The Morgan fingerprint density at radius 2 is 1.82 bits per heavy atom. The molecule has 176 valence electrons. The van der Waals surface area contributed by atoms with Gasteiger partial charge in [0.25, 0.3) is 5.91 Å². The number of methoxy groups -OCH3 is 2. The summed E-state index contributed by atoms with van der Waals surface area (Å²) in [6, 6.07) is 6.54. The molecule has 0 aliphatic heterocycles. The monoisotopic (exact) mass is 455 g/mol. The Kier molecular flexibility index (Phi) is 7.68. The zero-order valence-electron chi connectivity index (χ0n) is 19.5. The molecule has 3 rings (SSSR count). The average molecular weight is 456 g/mol. The van der Waals surface area contributed by atoms with Crippen LogP contribution in [0.2, 0.25) is 0 Å². The largest absolute Gasteiger partial charge is 0.497 e. The standard InChI is InChI=1S/C25H30FN3O4/c1-15-23(12-18(26)14-27-15)25(31)29(17(3)30)20-8-6-19(7-9-20)28-16(2)22-13-21(32-4)10-11-24(22)33-5/h10-14,19-20,28H,2,6-9H2,1,3-5H3. The molecular weight excluding hydrogens is 425 g/mol. The van der Waals surface area contributed by atoms with Gasteiger partial charge < -0.3 is 14.8 Å². The number of pyridine rings is 1. The number of carbonyl (C=O) groups excluding carboxylic acids is 2. The number of carbonyl (C=O) groups is 2. The van der Waals surface area contributed by atoms with Crippen molar-refractivity contribution in [1.82, 2.24) is 15.2 Å². The number of halogens is 1. The number of rotatable bonds is 7. The fourth-order valence-corrected chi connectivity index (χ4v) is 4.27. The van der Waals surface area contributed by atoms with Gasteiger partial charge in [0.15, 0.2) is 0 Å². The van der Waals surface area contributed by atoms with Crippen molar-refractivity contribution in [3.05, 3.63) is 59.7 Å². The van der Waals surface area contributed by atoms with Gasteiger partial charge in [-0.2, -0.15) is 0 Å². The molecule has 1 aromatic heterocycles. The number of aryl methyl sites for hydroxylation is 1. The zero-order chi connectivity index (χ0) is 24.1. The van der Waals surface area contributed by atoms with Gasteiger partial charge in [-0.15, -0.1) is 0 Å². The Labute approximate surface area is 193 Å². The van der Waals surface area contributed by atoms with E-state index in [9.17, 15) is 14.0 Å². The summed E-state index contributed by atoms with van der Waals surface area (Å²) in [5.41, 5.74) is 2.04. The van der Waals surface area contributed by atoms with Gasteiger partial charge >= 0.3 is 0 Å². The Morgan fingerprint density at radius 1 is 1.12 bits per heavy atom. The summed E-state index contributed by atoms with van der Waals surface area (Å²) < 4.78 is 24.4. The first-order valence-electron chi connectivity index (χ1n) is 10.9. The van der Waals surface area contributed by atoms with E-state index in [0.29, 0.717) is 30.0 Å². The summed E-state index contributed by atoms with van der Waals surface area (Å²) in [7, 11) is 3.21. The summed E-state index contributed by atoms with van der Waals surface area (Å²) in [5, 5.41) is 3.45. The van der Waals surface area contributed by atoms with E-state index < -0.39 is 11.7 Å². The summed E-state index contributed by atoms with van der Waals surface area (Å²) in [6.45, 7) is 7.16. The number of imide groups is 1. The molecule has 1 aromatic carbocycles. The van der Waals surface area contributed by atoms with E-state index in [1.54, 1.807) is 21.1 Å². The van der Waals surface area contributed by atoms with Crippen LogP contribution in [0.25, 0.3) is 5.70 Å². The minimum atomic E-state index is -0.605. The average Bonchev–Trinajstić information content (AvgIpc) is 2.81. The maximum Gasteiger partial charge on any atom is 0.262 e. The van der Waals surface area contributed by atoms with Crippen LogP contribution in [0.4, 0.5) is 4.39 Å². The smallest absolute Gasteiger partial charge is 0.262 e. The highest BCUT2D eigenvalue weighted by molar-refractivity contribution is 6.05. The highest BCUT2D eigenvalue weighted by Gasteiger charge is 2.33. The Balaban J connectivity index is 1.68. The van der Waals surface area contributed by atoms with Gasteiger partial charge in [0, 0.05) is 30.3 Å². The molecule has 7 nitrogen and oxygen atoms in total. The SMILES string of the molecule is C=C(NC1CCC(N(C(C)=O)C(=O)c2cc(F)cnc2C)CC1)c1cc(OC)ccc1OC. The third kappa shape index (κ3) is 5.50.